The fourth-order valence-electron chi connectivity index (χ4n) is 2.92. The van der Waals surface area contributed by atoms with Crippen LogP contribution in [0.1, 0.15) is 15.9 Å². The second-order valence-corrected chi connectivity index (χ2v) is 6.07. The molecule has 0 saturated carbocycles. The topological polar surface area (TPSA) is 30.0 Å². The lowest BCUT2D eigenvalue weighted by molar-refractivity contribution is 0.103. The maximum Gasteiger partial charge on any atom is 0.194 e. The van der Waals surface area contributed by atoms with Crippen LogP contribution in [-0.2, 0) is 0 Å². The van der Waals surface area contributed by atoms with E-state index < -0.39 is 0 Å². The Balaban J connectivity index is 1.56. The number of aromatic nitrogens is 1. The maximum absolute atomic E-state index is 12.7. The molecule has 3 aromatic carbocycles. The van der Waals surface area contributed by atoms with Crippen molar-refractivity contribution in [2.24, 2.45) is 0 Å². The molecule has 0 N–H and O–H groups in total. The standard InChI is InChI=1S/C24H17NO/c26-24(21-13-11-19(12-14-21)18-7-3-1-4-8-18)22-15-16-23(25-17-22)20-9-5-2-6-10-20/h1-17H. The van der Waals surface area contributed by atoms with E-state index >= 15 is 0 Å². The second kappa shape index (κ2) is 7.16. The van der Waals surface area contributed by atoms with Crippen LogP contribution in [0.2, 0.25) is 0 Å². The quantitative estimate of drug-likeness (QED) is 0.451. The van der Waals surface area contributed by atoms with Gasteiger partial charge in [-0.1, -0.05) is 84.9 Å². The molecule has 1 heterocycles. The van der Waals surface area contributed by atoms with Gasteiger partial charge in [0.25, 0.3) is 0 Å². The van der Waals surface area contributed by atoms with E-state index in [1.54, 1.807) is 6.20 Å². The number of carbonyl (C=O) groups excluding carboxylic acids is 1. The highest BCUT2D eigenvalue weighted by Gasteiger charge is 2.10. The molecule has 0 spiro atoms. The molecule has 0 amide bonds. The van der Waals surface area contributed by atoms with E-state index in [1.165, 1.54) is 0 Å². The molecule has 0 saturated heterocycles. The van der Waals surface area contributed by atoms with Crippen molar-refractivity contribution >= 4 is 5.78 Å². The van der Waals surface area contributed by atoms with Gasteiger partial charge in [0.05, 0.1) is 5.69 Å². The Bertz CT molecular complexity index is 920. The highest BCUT2D eigenvalue weighted by molar-refractivity contribution is 6.09. The third kappa shape index (κ3) is 3.31. The molecule has 0 unspecified atom stereocenters. The number of nitrogens with zero attached hydrogens (tertiary/aromatic N) is 1. The van der Waals surface area contributed by atoms with Crippen molar-refractivity contribution < 1.29 is 4.79 Å². The Labute approximate surface area is 152 Å². The van der Waals surface area contributed by atoms with Gasteiger partial charge in [-0.2, -0.15) is 0 Å². The van der Waals surface area contributed by atoms with Crippen molar-refractivity contribution in [1.29, 1.82) is 0 Å². The Morgan fingerprint density at radius 1 is 0.538 bits per heavy atom. The summed E-state index contributed by atoms with van der Waals surface area (Å²) >= 11 is 0. The van der Waals surface area contributed by atoms with Gasteiger partial charge in [0.15, 0.2) is 5.78 Å². The lowest BCUT2D eigenvalue weighted by Crippen LogP contribution is -2.02. The molecule has 124 valence electrons. The predicted molar refractivity (Wildman–Crippen MR) is 105 cm³/mol. The zero-order valence-corrected chi connectivity index (χ0v) is 14.2. The van der Waals surface area contributed by atoms with Gasteiger partial charge in [-0.15, -0.1) is 0 Å². The van der Waals surface area contributed by atoms with E-state index in [0.717, 1.165) is 22.4 Å². The minimum Gasteiger partial charge on any atom is -0.289 e. The summed E-state index contributed by atoms with van der Waals surface area (Å²) in [6, 6.07) is 31.5. The van der Waals surface area contributed by atoms with Crippen molar-refractivity contribution in [3.8, 4) is 22.4 Å². The van der Waals surface area contributed by atoms with Crippen LogP contribution in [0.5, 0.6) is 0 Å². The molecule has 4 aromatic rings. The molecule has 0 aliphatic heterocycles. The fraction of sp³-hybridized carbons (Fsp3) is 0. The SMILES string of the molecule is O=C(c1ccc(-c2ccccc2)cc1)c1ccc(-c2ccccc2)nc1. The monoisotopic (exact) mass is 335 g/mol. The molecule has 0 aliphatic rings. The molecule has 1 aromatic heterocycles. The molecule has 2 heteroatoms. The van der Waals surface area contributed by atoms with Crippen molar-refractivity contribution in [2.75, 3.05) is 0 Å². The van der Waals surface area contributed by atoms with Crippen LogP contribution >= 0.6 is 0 Å². The van der Waals surface area contributed by atoms with Gasteiger partial charge in [-0.05, 0) is 23.3 Å². The first-order chi connectivity index (χ1) is 12.8. The number of hydrogen-bond acceptors (Lipinski definition) is 2. The zero-order valence-electron chi connectivity index (χ0n) is 14.2. The first-order valence-electron chi connectivity index (χ1n) is 8.53. The summed E-state index contributed by atoms with van der Waals surface area (Å²) in [7, 11) is 0. The number of pyridine rings is 1. The van der Waals surface area contributed by atoms with Crippen LogP contribution < -0.4 is 0 Å². The summed E-state index contributed by atoms with van der Waals surface area (Å²) in [4.78, 5) is 17.1. The van der Waals surface area contributed by atoms with E-state index in [0.29, 0.717) is 11.1 Å². The van der Waals surface area contributed by atoms with E-state index in [4.69, 9.17) is 0 Å². The third-order valence-electron chi connectivity index (χ3n) is 4.35. The molecule has 0 fully saturated rings. The predicted octanol–water partition coefficient (Wildman–Crippen LogP) is 5.65. The molecule has 0 atom stereocenters. The first-order valence-corrected chi connectivity index (χ1v) is 8.53. The van der Waals surface area contributed by atoms with Crippen LogP contribution in [0.15, 0.2) is 103 Å². The Morgan fingerprint density at radius 2 is 1.08 bits per heavy atom. The van der Waals surface area contributed by atoms with Crippen LogP contribution in [0.25, 0.3) is 22.4 Å². The average molecular weight is 335 g/mol. The Hall–Kier alpha value is -3.52. The average Bonchev–Trinajstić information content (AvgIpc) is 2.75. The first kappa shape index (κ1) is 16.0. The van der Waals surface area contributed by atoms with Gasteiger partial charge in [0, 0.05) is 22.9 Å². The summed E-state index contributed by atoms with van der Waals surface area (Å²) in [5.41, 5.74) is 5.40. The number of ketones is 1. The van der Waals surface area contributed by atoms with Gasteiger partial charge in [0.1, 0.15) is 0 Å². The molecule has 4 rings (SSSR count). The summed E-state index contributed by atoms with van der Waals surface area (Å²) in [5, 5.41) is 0. The Morgan fingerprint density at radius 3 is 1.65 bits per heavy atom. The summed E-state index contributed by atoms with van der Waals surface area (Å²) < 4.78 is 0. The normalized spacial score (nSPS) is 10.5. The van der Waals surface area contributed by atoms with Crippen LogP contribution in [0.3, 0.4) is 0 Å². The number of hydrogen-bond donors (Lipinski definition) is 0. The lowest BCUT2D eigenvalue weighted by atomic mass is 10.00. The van der Waals surface area contributed by atoms with Gasteiger partial charge in [-0.25, -0.2) is 0 Å². The van der Waals surface area contributed by atoms with Gasteiger partial charge in [0.2, 0.25) is 0 Å². The molecule has 26 heavy (non-hydrogen) atoms. The van der Waals surface area contributed by atoms with Crippen molar-refractivity contribution in [2.45, 2.75) is 0 Å². The number of benzene rings is 3. The lowest BCUT2D eigenvalue weighted by Gasteiger charge is -2.05. The minimum absolute atomic E-state index is 0.0169. The highest BCUT2D eigenvalue weighted by atomic mass is 16.1. The maximum atomic E-state index is 12.7. The second-order valence-electron chi connectivity index (χ2n) is 6.07. The third-order valence-corrected chi connectivity index (χ3v) is 4.35. The van der Waals surface area contributed by atoms with Gasteiger partial charge in [-0.3, -0.25) is 9.78 Å². The van der Waals surface area contributed by atoms with E-state index in [2.05, 4.69) is 17.1 Å². The fourth-order valence-corrected chi connectivity index (χ4v) is 2.92. The number of carbonyl (C=O) groups is 1. The van der Waals surface area contributed by atoms with Crippen LogP contribution in [-0.4, -0.2) is 10.8 Å². The molecule has 0 radical (unpaired) electrons. The highest BCUT2D eigenvalue weighted by Crippen LogP contribution is 2.21. The van der Waals surface area contributed by atoms with Crippen LogP contribution in [0, 0.1) is 0 Å². The molecule has 0 aliphatic carbocycles. The smallest absolute Gasteiger partial charge is 0.194 e. The largest absolute Gasteiger partial charge is 0.289 e. The molecular formula is C24H17NO. The van der Waals surface area contributed by atoms with Crippen molar-refractivity contribution in [1.82, 2.24) is 4.98 Å². The van der Waals surface area contributed by atoms with E-state index in [9.17, 15) is 4.79 Å². The molecule has 2 nitrogen and oxygen atoms in total. The zero-order chi connectivity index (χ0) is 17.8. The summed E-state index contributed by atoms with van der Waals surface area (Å²) in [6.07, 6.45) is 1.65. The summed E-state index contributed by atoms with van der Waals surface area (Å²) in [5.74, 6) is -0.0169. The Kier molecular flexibility index (Phi) is 4.40. The molecular weight excluding hydrogens is 318 g/mol. The minimum atomic E-state index is -0.0169. The van der Waals surface area contributed by atoms with Crippen molar-refractivity contribution in [3.05, 3.63) is 114 Å². The summed E-state index contributed by atoms with van der Waals surface area (Å²) in [6.45, 7) is 0. The van der Waals surface area contributed by atoms with Crippen molar-refractivity contribution in [3.63, 3.8) is 0 Å². The van der Waals surface area contributed by atoms with E-state index in [-0.39, 0.29) is 5.78 Å². The number of rotatable bonds is 4. The van der Waals surface area contributed by atoms with Gasteiger partial charge >= 0.3 is 0 Å². The molecule has 0 bridgehead atoms. The van der Waals surface area contributed by atoms with Gasteiger partial charge < -0.3 is 0 Å². The van der Waals surface area contributed by atoms with E-state index in [1.807, 2.05) is 84.9 Å². The van der Waals surface area contributed by atoms with Crippen LogP contribution in [0.4, 0.5) is 0 Å².